The van der Waals surface area contributed by atoms with Crippen LogP contribution >= 0.6 is 11.8 Å². The van der Waals surface area contributed by atoms with Crippen LogP contribution in [0, 0.1) is 12.8 Å². The van der Waals surface area contributed by atoms with Crippen molar-refractivity contribution in [2.75, 3.05) is 0 Å². The molecule has 1 atom stereocenters. The first-order chi connectivity index (χ1) is 10.0. The van der Waals surface area contributed by atoms with Gasteiger partial charge >= 0.3 is 0 Å². The fourth-order valence-corrected chi connectivity index (χ4v) is 2.99. The van der Waals surface area contributed by atoms with Gasteiger partial charge < -0.3 is 9.63 Å². The first-order valence-electron chi connectivity index (χ1n) is 7.22. The highest BCUT2D eigenvalue weighted by Crippen LogP contribution is 2.24. The molecule has 0 saturated heterocycles. The topological polar surface area (TPSA) is 59.2 Å². The number of rotatable bonds is 7. The summed E-state index contributed by atoms with van der Waals surface area (Å²) >= 11 is 1.70. The van der Waals surface area contributed by atoms with Gasteiger partial charge in [-0.3, -0.25) is 0 Å². The van der Waals surface area contributed by atoms with E-state index in [4.69, 9.17) is 4.52 Å². The summed E-state index contributed by atoms with van der Waals surface area (Å²) in [5.41, 5.74) is 1.25. The number of thioether (sulfide) groups is 1. The van der Waals surface area contributed by atoms with Gasteiger partial charge in [-0.05, 0) is 30.9 Å². The minimum atomic E-state index is -0.415. The Balaban J connectivity index is 1.87. The van der Waals surface area contributed by atoms with Gasteiger partial charge in [-0.15, -0.1) is 11.8 Å². The van der Waals surface area contributed by atoms with Gasteiger partial charge in [0.15, 0.2) is 5.82 Å². The minimum absolute atomic E-state index is 0.415. The number of nitrogens with zero attached hydrogens (tertiary/aromatic N) is 2. The predicted molar refractivity (Wildman–Crippen MR) is 84.2 cm³/mol. The first-order valence-corrected chi connectivity index (χ1v) is 8.21. The summed E-state index contributed by atoms with van der Waals surface area (Å²) < 4.78 is 5.20. The smallest absolute Gasteiger partial charge is 0.229 e. The molecule has 2 rings (SSSR count). The Kier molecular flexibility index (Phi) is 5.82. The third-order valence-electron chi connectivity index (χ3n) is 3.11. The molecule has 4 nitrogen and oxygen atoms in total. The highest BCUT2D eigenvalue weighted by molar-refractivity contribution is 7.98. The van der Waals surface area contributed by atoms with Crippen molar-refractivity contribution < 1.29 is 9.63 Å². The van der Waals surface area contributed by atoms with Crippen LogP contribution in [-0.4, -0.2) is 21.4 Å². The summed E-state index contributed by atoms with van der Waals surface area (Å²) in [5.74, 6) is 2.33. The summed E-state index contributed by atoms with van der Waals surface area (Å²) in [6.45, 7) is 6.26. The number of benzene rings is 1. The maximum atomic E-state index is 9.89. The summed E-state index contributed by atoms with van der Waals surface area (Å²) in [6, 6.07) is 8.24. The lowest BCUT2D eigenvalue weighted by atomic mass is 10.0. The Morgan fingerprint density at radius 1 is 1.29 bits per heavy atom. The van der Waals surface area contributed by atoms with Crippen molar-refractivity contribution in [1.29, 1.82) is 0 Å². The molecular formula is C16H22N2O2S. The number of aryl methyl sites for hydroxylation is 1. The van der Waals surface area contributed by atoms with Gasteiger partial charge in [0.2, 0.25) is 5.89 Å². The van der Waals surface area contributed by atoms with E-state index in [-0.39, 0.29) is 0 Å². The Hall–Kier alpha value is -1.33. The van der Waals surface area contributed by atoms with Crippen LogP contribution in [0.2, 0.25) is 0 Å². The minimum Gasteiger partial charge on any atom is -0.393 e. The molecule has 0 spiro atoms. The monoisotopic (exact) mass is 306 g/mol. The quantitative estimate of drug-likeness (QED) is 0.792. The number of hydrogen-bond donors (Lipinski definition) is 1. The van der Waals surface area contributed by atoms with Gasteiger partial charge in [-0.1, -0.05) is 37.2 Å². The van der Waals surface area contributed by atoms with Crippen LogP contribution in [0.5, 0.6) is 0 Å². The van der Waals surface area contributed by atoms with Gasteiger partial charge in [-0.25, -0.2) is 0 Å². The second-order valence-electron chi connectivity index (χ2n) is 5.65. The van der Waals surface area contributed by atoms with Crippen LogP contribution in [-0.2, 0) is 12.2 Å². The summed E-state index contributed by atoms with van der Waals surface area (Å²) in [4.78, 5) is 5.57. The molecule has 1 heterocycles. The first kappa shape index (κ1) is 16.0. The lowest BCUT2D eigenvalue weighted by molar-refractivity contribution is 0.138. The van der Waals surface area contributed by atoms with Gasteiger partial charge in [0.25, 0.3) is 0 Å². The highest BCUT2D eigenvalue weighted by atomic mass is 32.2. The van der Waals surface area contributed by atoms with Crippen LogP contribution in [0.25, 0.3) is 0 Å². The maximum absolute atomic E-state index is 9.89. The van der Waals surface area contributed by atoms with Crippen LogP contribution in [0.1, 0.15) is 37.5 Å². The van der Waals surface area contributed by atoms with Crippen molar-refractivity contribution in [3.8, 4) is 0 Å². The average Bonchev–Trinajstić information content (AvgIpc) is 2.84. The molecular weight excluding hydrogens is 284 g/mol. The van der Waals surface area contributed by atoms with E-state index in [0.717, 1.165) is 6.42 Å². The normalized spacial score (nSPS) is 12.8. The van der Waals surface area contributed by atoms with Crippen molar-refractivity contribution in [2.45, 2.75) is 50.4 Å². The van der Waals surface area contributed by atoms with E-state index in [9.17, 15) is 5.11 Å². The van der Waals surface area contributed by atoms with Crippen LogP contribution in [0.4, 0.5) is 0 Å². The van der Waals surface area contributed by atoms with Crippen molar-refractivity contribution in [3.63, 3.8) is 0 Å². The summed E-state index contributed by atoms with van der Waals surface area (Å²) in [5, 5.41) is 13.9. The van der Waals surface area contributed by atoms with Crippen molar-refractivity contribution in [1.82, 2.24) is 10.1 Å². The molecule has 0 bridgehead atoms. The number of aromatic nitrogens is 2. The third-order valence-corrected chi connectivity index (χ3v) is 4.29. The van der Waals surface area contributed by atoms with E-state index >= 15 is 0 Å². The molecule has 1 aromatic carbocycles. The standard InChI is InChI=1S/C16H22N2O2S/c1-11(2)8-13(19)9-16-17-15(18-20-16)10-21-14-7-5-4-6-12(14)3/h4-7,11,13,19H,8-10H2,1-3H3. The molecule has 0 radical (unpaired) electrons. The van der Waals surface area contributed by atoms with Crippen LogP contribution < -0.4 is 0 Å². The molecule has 21 heavy (non-hydrogen) atoms. The molecule has 0 aliphatic rings. The lowest BCUT2D eigenvalue weighted by Gasteiger charge is -2.09. The van der Waals surface area contributed by atoms with E-state index in [1.807, 2.05) is 12.1 Å². The third kappa shape index (κ3) is 5.17. The van der Waals surface area contributed by atoms with Gasteiger partial charge in [-0.2, -0.15) is 4.98 Å². The second-order valence-corrected chi connectivity index (χ2v) is 6.66. The van der Waals surface area contributed by atoms with Gasteiger partial charge in [0, 0.05) is 4.90 Å². The second kappa shape index (κ2) is 7.61. The molecule has 0 aliphatic heterocycles. The maximum Gasteiger partial charge on any atom is 0.229 e. The number of hydrogen-bond acceptors (Lipinski definition) is 5. The van der Waals surface area contributed by atoms with Crippen LogP contribution in [0.15, 0.2) is 33.7 Å². The molecule has 2 aromatic rings. The lowest BCUT2D eigenvalue weighted by Crippen LogP contribution is -2.13. The SMILES string of the molecule is Cc1ccccc1SCc1noc(CC(O)CC(C)C)n1. The Bertz CT molecular complexity index is 569. The molecule has 1 N–H and O–H groups in total. The molecule has 114 valence electrons. The summed E-state index contributed by atoms with van der Waals surface area (Å²) in [7, 11) is 0. The highest BCUT2D eigenvalue weighted by Gasteiger charge is 2.14. The zero-order valence-corrected chi connectivity index (χ0v) is 13.6. The van der Waals surface area contributed by atoms with Crippen LogP contribution in [0.3, 0.4) is 0 Å². The van der Waals surface area contributed by atoms with Crippen molar-refractivity contribution >= 4 is 11.8 Å². The Labute approximate surface area is 130 Å². The van der Waals surface area contributed by atoms with E-state index in [0.29, 0.717) is 29.8 Å². The van der Waals surface area contributed by atoms with Crippen molar-refractivity contribution in [3.05, 3.63) is 41.5 Å². The fourth-order valence-electron chi connectivity index (χ4n) is 2.12. The Morgan fingerprint density at radius 2 is 2.05 bits per heavy atom. The molecule has 0 amide bonds. The zero-order valence-electron chi connectivity index (χ0n) is 12.7. The molecule has 0 fully saturated rings. The zero-order chi connectivity index (χ0) is 15.2. The number of aliphatic hydroxyl groups is 1. The van der Waals surface area contributed by atoms with E-state index in [1.165, 1.54) is 10.5 Å². The number of aliphatic hydroxyl groups excluding tert-OH is 1. The largest absolute Gasteiger partial charge is 0.393 e. The van der Waals surface area contributed by atoms with Gasteiger partial charge in [0.1, 0.15) is 0 Å². The average molecular weight is 306 g/mol. The predicted octanol–water partition coefficient (Wildman–Crippen LogP) is 3.62. The van der Waals surface area contributed by atoms with E-state index < -0.39 is 6.10 Å². The van der Waals surface area contributed by atoms with Gasteiger partial charge in [0.05, 0.1) is 18.3 Å². The Morgan fingerprint density at radius 3 is 2.76 bits per heavy atom. The van der Waals surface area contributed by atoms with E-state index in [1.54, 1.807) is 11.8 Å². The summed E-state index contributed by atoms with van der Waals surface area (Å²) in [6.07, 6.45) is 0.762. The molecule has 1 aromatic heterocycles. The van der Waals surface area contributed by atoms with E-state index in [2.05, 4.69) is 43.0 Å². The fraction of sp³-hybridized carbons (Fsp3) is 0.500. The molecule has 1 unspecified atom stereocenters. The molecule has 0 aliphatic carbocycles. The van der Waals surface area contributed by atoms with Crippen molar-refractivity contribution in [2.24, 2.45) is 5.92 Å². The molecule has 0 saturated carbocycles. The molecule has 5 heteroatoms.